The Morgan fingerprint density at radius 1 is 1.24 bits per heavy atom. The number of aliphatic hydroxyl groups is 1. The van der Waals surface area contributed by atoms with Gasteiger partial charge in [0.15, 0.2) is 0 Å². The zero-order chi connectivity index (χ0) is 14.9. The topological polar surface area (TPSA) is 52.5 Å². The van der Waals surface area contributed by atoms with E-state index >= 15 is 0 Å². The summed E-state index contributed by atoms with van der Waals surface area (Å²) in [5.74, 6) is 1.16. The number of nitrogens with one attached hydrogen (secondary N) is 1. The summed E-state index contributed by atoms with van der Waals surface area (Å²) < 4.78 is 0. The Labute approximate surface area is 127 Å². The zero-order valence-electron chi connectivity index (χ0n) is 12.9. The molecule has 1 aromatic carbocycles. The van der Waals surface area contributed by atoms with Crippen LogP contribution in [0.3, 0.4) is 0 Å². The van der Waals surface area contributed by atoms with Crippen LogP contribution in [0.2, 0.25) is 0 Å². The van der Waals surface area contributed by atoms with Gasteiger partial charge < -0.3 is 15.5 Å². The van der Waals surface area contributed by atoms with Gasteiger partial charge in [0.05, 0.1) is 5.60 Å². The van der Waals surface area contributed by atoms with Crippen molar-refractivity contribution in [2.75, 3.05) is 6.54 Å². The quantitative estimate of drug-likeness (QED) is 0.797. The second-order valence-electron chi connectivity index (χ2n) is 6.93. The van der Waals surface area contributed by atoms with Gasteiger partial charge in [0.2, 0.25) is 0 Å². The van der Waals surface area contributed by atoms with Crippen molar-refractivity contribution in [2.24, 2.45) is 5.92 Å². The summed E-state index contributed by atoms with van der Waals surface area (Å²) in [6.07, 6.45) is 7.47. The maximum Gasteiger partial charge on any atom is 0.115 e. The smallest absolute Gasteiger partial charge is 0.115 e. The fraction of sp³-hybridized carbons (Fsp3) is 0.667. The molecule has 116 valence electrons. The van der Waals surface area contributed by atoms with Gasteiger partial charge in [-0.1, -0.05) is 19.4 Å². The summed E-state index contributed by atoms with van der Waals surface area (Å²) in [7, 11) is 0. The van der Waals surface area contributed by atoms with Crippen LogP contribution in [0.15, 0.2) is 18.2 Å². The van der Waals surface area contributed by atoms with E-state index in [1.807, 2.05) is 12.1 Å². The molecule has 3 nitrogen and oxygen atoms in total. The van der Waals surface area contributed by atoms with Crippen LogP contribution in [0.1, 0.15) is 62.6 Å². The molecule has 0 aromatic heterocycles. The first-order chi connectivity index (χ1) is 10.1. The van der Waals surface area contributed by atoms with E-state index in [4.69, 9.17) is 0 Å². The number of hydrogen-bond acceptors (Lipinski definition) is 3. The molecule has 0 aliphatic heterocycles. The first-order valence-corrected chi connectivity index (χ1v) is 8.37. The predicted molar refractivity (Wildman–Crippen MR) is 84.4 cm³/mol. The fourth-order valence-electron chi connectivity index (χ4n) is 3.93. The Balaban J connectivity index is 1.57. The number of phenols is 1. The number of fused-ring (bicyclic) bond motifs is 1. The second-order valence-corrected chi connectivity index (χ2v) is 6.93. The molecule has 1 unspecified atom stereocenters. The summed E-state index contributed by atoms with van der Waals surface area (Å²) in [4.78, 5) is 0. The van der Waals surface area contributed by atoms with Crippen LogP contribution in [0.4, 0.5) is 0 Å². The molecule has 1 atom stereocenters. The molecule has 2 aliphatic carbocycles. The lowest BCUT2D eigenvalue weighted by molar-refractivity contribution is -0.0106. The SMILES string of the molecule is CCC1CCC(O)(CNC2CCc3cc(O)ccc32)CC1. The first-order valence-electron chi connectivity index (χ1n) is 8.37. The molecule has 1 fully saturated rings. The highest BCUT2D eigenvalue weighted by molar-refractivity contribution is 5.40. The van der Waals surface area contributed by atoms with E-state index in [2.05, 4.69) is 12.2 Å². The number of benzene rings is 1. The van der Waals surface area contributed by atoms with Gasteiger partial charge in [0, 0.05) is 12.6 Å². The van der Waals surface area contributed by atoms with Gasteiger partial charge in [0.25, 0.3) is 0 Å². The molecule has 3 N–H and O–H groups in total. The van der Waals surface area contributed by atoms with E-state index in [9.17, 15) is 10.2 Å². The van der Waals surface area contributed by atoms with E-state index < -0.39 is 5.60 Å². The summed E-state index contributed by atoms with van der Waals surface area (Å²) >= 11 is 0. The molecule has 1 saturated carbocycles. The molecule has 1 aromatic rings. The molecule has 0 bridgehead atoms. The largest absolute Gasteiger partial charge is 0.508 e. The van der Waals surface area contributed by atoms with Gasteiger partial charge in [-0.15, -0.1) is 0 Å². The lowest BCUT2D eigenvalue weighted by atomic mass is 9.77. The van der Waals surface area contributed by atoms with Gasteiger partial charge in [-0.05, 0) is 67.7 Å². The standard InChI is InChI=1S/C18H27NO2/c1-2-13-7-9-18(21,10-8-13)12-19-17-6-3-14-11-15(20)4-5-16(14)17/h4-5,11,13,17,19-21H,2-3,6-10,12H2,1H3. The van der Waals surface area contributed by atoms with Crippen molar-refractivity contribution in [3.63, 3.8) is 0 Å². The third-order valence-electron chi connectivity index (χ3n) is 5.50. The van der Waals surface area contributed by atoms with Crippen molar-refractivity contribution in [3.05, 3.63) is 29.3 Å². The van der Waals surface area contributed by atoms with Crippen molar-refractivity contribution < 1.29 is 10.2 Å². The Hall–Kier alpha value is -1.06. The normalized spacial score (nSPS) is 32.1. The van der Waals surface area contributed by atoms with Crippen LogP contribution < -0.4 is 5.32 Å². The maximum absolute atomic E-state index is 10.7. The van der Waals surface area contributed by atoms with E-state index in [-0.39, 0.29) is 0 Å². The third-order valence-corrected chi connectivity index (χ3v) is 5.50. The molecular weight excluding hydrogens is 262 g/mol. The number of rotatable bonds is 4. The van der Waals surface area contributed by atoms with E-state index in [1.54, 1.807) is 6.07 Å². The van der Waals surface area contributed by atoms with Crippen LogP contribution in [-0.2, 0) is 6.42 Å². The van der Waals surface area contributed by atoms with Gasteiger partial charge in [-0.2, -0.15) is 0 Å². The Morgan fingerprint density at radius 2 is 2.00 bits per heavy atom. The summed E-state index contributed by atoms with van der Waals surface area (Å²) in [5.41, 5.74) is 2.01. The van der Waals surface area contributed by atoms with Crippen molar-refractivity contribution in [2.45, 2.75) is 63.5 Å². The molecule has 0 saturated heterocycles. The minimum Gasteiger partial charge on any atom is -0.508 e. The monoisotopic (exact) mass is 289 g/mol. The van der Waals surface area contributed by atoms with Crippen LogP contribution in [0, 0.1) is 5.92 Å². The molecule has 0 amide bonds. The lowest BCUT2D eigenvalue weighted by Gasteiger charge is -2.36. The molecule has 0 heterocycles. The van der Waals surface area contributed by atoms with Crippen molar-refractivity contribution in [1.29, 1.82) is 0 Å². The van der Waals surface area contributed by atoms with E-state index in [1.165, 1.54) is 17.5 Å². The molecule has 2 aliphatic rings. The minimum absolute atomic E-state index is 0.327. The van der Waals surface area contributed by atoms with Gasteiger partial charge in [-0.3, -0.25) is 0 Å². The number of phenolic OH excluding ortho intramolecular Hbond substituents is 1. The Kier molecular flexibility index (Phi) is 4.23. The lowest BCUT2D eigenvalue weighted by Crippen LogP contribution is -2.44. The minimum atomic E-state index is -0.522. The van der Waals surface area contributed by atoms with Crippen molar-refractivity contribution >= 4 is 0 Å². The van der Waals surface area contributed by atoms with E-state index in [0.29, 0.717) is 18.3 Å². The van der Waals surface area contributed by atoms with Crippen molar-refractivity contribution in [3.8, 4) is 5.75 Å². The summed E-state index contributed by atoms with van der Waals surface area (Å²) in [5, 5.41) is 23.8. The second kappa shape index (κ2) is 5.98. The highest BCUT2D eigenvalue weighted by atomic mass is 16.3. The maximum atomic E-state index is 10.7. The molecular formula is C18H27NO2. The zero-order valence-corrected chi connectivity index (χ0v) is 12.9. The molecule has 3 rings (SSSR count). The van der Waals surface area contributed by atoms with Crippen molar-refractivity contribution in [1.82, 2.24) is 5.32 Å². The summed E-state index contributed by atoms with van der Waals surface area (Å²) in [6.45, 7) is 2.94. The average molecular weight is 289 g/mol. The number of hydrogen-bond donors (Lipinski definition) is 3. The van der Waals surface area contributed by atoms with Crippen LogP contribution >= 0.6 is 0 Å². The first kappa shape index (κ1) is 14.9. The molecule has 21 heavy (non-hydrogen) atoms. The van der Waals surface area contributed by atoms with E-state index in [0.717, 1.165) is 44.4 Å². The number of aromatic hydroxyl groups is 1. The van der Waals surface area contributed by atoms with Gasteiger partial charge in [0.1, 0.15) is 5.75 Å². The Bertz CT molecular complexity index is 492. The van der Waals surface area contributed by atoms with Crippen LogP contribution in [0.5, 0.6) is 5.75 Å². The Morgan fingerprint density at radius 3 is 2.71 bits per heavy atom. The molecule has 0 spiro atoms. The fourth-order valence-corrected chi connectivity index (χ4v) is 3.93. The van der Waals surface area contributed by atoms with Gasteiger partial charge in [-0.25, -0.2) is 0 Å². The predicted octanol–water partition coefficient (Wildman–Crippen LogP) is 3.30. The summed E-state index contributed by atoms with van der Waals surface area (Å²) in [6, 6.07) is 5.99. The van der Waals surface area contributed by atoms with Gasteiger partial charge >= 0.3 is 0 Å². The highest BCUT2D eigenvalue weighted by Crippen LogP contribution is 2.36. The average Bonchev–Trinajstić information content (AvgIpc) is 2.88. The highest BCUT2D eigenvalue weighted by Gasteiger charge is 2.33. The molecule has 3 heteroatoms. The van der Waals surface area contributed by atoms with Crippen LogP contribution in [0.25, 0.3) is 0 Å². The van der Waals surface area contributed by atoms with Crippen LogP contribution in [-0.4, -0.2) is 22.4 Å². The third kappa shape index (κ3) is 3.24. The number of aryl methyl sites for hydroxylation is 1. The molecule has 0 radical (unpaired) electrons.